The zero-order valence-electron chi connectivity index (χ0n) is 15.9. The third-order valence-corrected chi connectivity index (χ3v) is 4.24. The zero-order chi connectivity index (χ0) is 19.7. The van der Waals surface area contributed by atoms with Crippen molar-refractivity contribution in [2.75, 3.05) is 0 Å². The first-order valence-corrected chi connectivity index (χ1v) is 8.78. The summed E-state index contributed by atoms with van der Waals surface area (Å²) >= 11 is 0. The molecule has 2 unspecified atom stereocenters. The van der Waals surface area contributed by atoms with Gasteiger partial charge in [-0.05, 0) is 32.8 Å². The third kappa shape index (κ3) is 4.45. The maximum Gasteiger partial charge on any atom is 0.408 e. The largest absolute Gasteiger partial charge is 0.459 e. The van der Waals surface area contributed by atoms with Crippen LogP contribution in [-0.4, -0.2) is 38.2 Å². The highest BCUT2D eigenvalue weighted by Crippen LogP contribution is 2.51. The number of nitrogens with zero attached hydrogens (tertiary/aromatic N) is 3. The summed E-state index contributed by atoms with van der Waals surface area (Å²) < 4.78 is 12.4. The molecule has 1 aromatic carbocycles. The molecule has 144 valence electrons. The van der Waals surface area contributed by atoms with E-state index in [9.17, 15) is 9.59 Å². The van der Waals surface area contributed by atoms with Gasteiger partial charge < -0.3 is 14.8 Å². The highest BCUT2D eigenvalue weighted by Gasteiger charge is 2.65. The van der Waals surface area contributed by atoms with Crippen molar-refractivity contribution >= 4 is 12.1 Å². The molecule has 1 heterocycles. The zero-order valence-corrected chi connectivity index (χ0v) is 15.9. The van der Waals surface area contributed by atoms with Crippen LogP contribution in [0.2, 0.25) is 0 Å². The molecular weight excluding hydrogens is 348 g/mol. The van der Waals surface area contributed by atoms with Crippen LogP contribution in [0.15, 0.2) is 36.5 Å². The number of hydrogen-bond acceptors (Lipinski definition) is 6. The maximum absolute atomic E-state index is 12.8. The Labute approximate surface area is 157 Å². The average Bonchev–Trinajstić information content (AvgIpc) is 3.14. The van der Waals surface area contributed by atoms with Crippen molar-refractivity contribution in [3.8, 4) is 0 Å². The minimum absolute atomic E-state index is 0.130. The molecule has 27 heavy (non-hydrogen) atoms. The second-order valence-corrected chi connectivity index (χ2v) is 7.73. The number of rotatable bonds is 5. The van der Waals surface area contributed by atoms with E-state index >= 15 is 0 Å². The third-order valence-electron chi connectivity index (χ3n) is 4.24. The van der Waals surface area contributed by atoms with Gasteiger partial charge >= 0.3 is 12.1 Å². The molecule has 1 aromatic heterocycles. The first-order chi connectivity index (χ1) is 12.7. The van der Waals surface area contributed by atoms with Crippen molar-refractivity contribution < 1.29 is 19.1 Å². The molecule has 1 saturated carbocycles. The van der Waals surface area contributed by atoms with Gasteiger partial charge in [0.15, 0.2) is 0 Å². The summed E-state index contributed by atoms with van der Waals surface area (Å²) in [6, 6.07) is 9.37. The SMILES string of the molecule is Cn1cc(C2CC2(NC(=O)OC(C)(C)C)C(=O)OCc2ccccc2)nn1. The Kier molecular flexibility index (Phi) is 4.91. The molecule has 0 aliphatic heterocycles. The van der Waals surface area contributed by atoms with Crippen molar-refractivity contribution in [2.45, 2.75) is 50.9 Å². The predicted molar refractivity (Wildman–Crippen MR) is 96.7 cm³/mol. The predicted octanol–water partition coefficient (Wildman–Crippen LogP) is 2.31. The number of nitrogens with one attached hydrogen (secondary N) is 1. The van der Waals surface area contributed by atoms with Crippen LogP contribution >= 0.6 is 0 Å². The normalized spacial score (nSPS) is 21.4. The number of hydrogen-bond donors (Lipinski definition) is 1. The lowest BCUT2D eigenvalue weighted by atomic mass is 10.1. The fourth-order valence-electron chi connectivity index (χ4n) is 2.90. The van der Waals surface area contributed by atoms with Gasteiger partial charge in [-0.15, -0.1) is 5.10 Å². The number of benzene rings is 1. The van der Waals surface area contributed by atoms with E-state index in [2.05, 4.69) is 15.6 Å². The fraction of sp³-hybridized carbons (Fsp3) is 0.474. The summed E-state index contributed by atoms with van der Waals surface area (Å²) in [7, 11) is 1.75. The summed E-state index contributed by atoms with van der Waals surface area (Å²) in [6.45, 7) is 5.42. The van der Waals surface area contributed by atoms with Crippen LogP contribution in [0.5, 0.6) is 0 Å². The quantitative estimate of drug-likeness (QED) is 0.809. The van der Waals surface area contributed by atoms with E-state index in [1.54, 1.807) is 38.7 Å². The molecule has 8 nitrogen and oxygen atoms in total. The second-order valence-electron chi connectivity index (χ2n) is 7.73. The van der Waals surface area contributed by atoms with E-state index in [-0.39, 0.29) is 12.5 Å². The number of amides is 1. The molecule has 1 amide bonds. The molecule has 0 saturated heterocycles. The molecule has 2 atom stereocenters. The van der Waals surface area contributed by atoms with Gasteiger partial charge in [0.25, 0.3) is 0 Å². The van der Waals surface area contributed by atoms with Gasteiger partial charge in [-0.3, -0.25) is 4.68 Å². The number of carbonyl (C=O) groups excluding carboxylic acids is 2. The Morgan fingerprint density at radius 1 is 1.30 bits per heavy atom. The van der Waals surface area contributed by atoms with Crippen molar-refractivity contribution in [1.82, 2.24) is 20.3 Å². The van der Waals surface area contributed by atoms with Crippen molar-refractivity contribution in [3.05, 3.63) is 47.8 Å². The first-order valence-electron chi connectivity index (χ1n) is 8.78. The molecule has 1 fully saturated rings. The Bertz CT molecular complexity index is 828. The van der Waals surface area contributed by atoms with Gasteiger partial charge in [-0.2, -0.15) is 0 Å². The van der Waals surface area contributed by atoms with E-state index < -0.39 is 23.2 Å². The van der Waals surface area contributed by atoms with Crippen LogP contribution in [0.4, 0.5) is 4.79 Å². The van der Waals surface area contributed by atoms with Crippen LogP contribution in [0, 0.1) is 0 Å². The number of carbonyl (C=O) groups is 2. The van der Waals surface area contributed by atoms with Gasteiger partial charge in [0.05, 0.1) is 5.69 Å². The van der Waals surface area contributed by atoms with Gasteiger partial charge in [0.2, 0.25) is 0 Å². The highest BCUT2D eigenvalue weighted by molar-refractivity contribution is 5.91. The number of ether oxygens (including phenoxy) is 2. The van der Waals surface area contributed by atoms with Gasteiger partial charge in [0.1, 0.15) is 17.7 Å². The van der Waals surface area contributed by atoms with E-state index in [0.29, 0.717) is 12.1 Å². The number of aromatic nitrogens is 3. The molecule has 1 aliphatic rings. The van der Waals surface area contributed by atoms with E-state index in [1.165, 1.54) is 0 Å². The van der Waals surface area contributed by atoms with Crippen molar-refractivity contribution in [2.24, 2.45) is 7.05 Å². The highest BCUT2D eigenvalue weighted by atomic mass is 16.6. The van der Waals surface area contributed by atoms with Crippen LogP contribution in [-0.2, 0) is 27.9 Å². The topological polar surface area (TPSA) is 95.3 Å². The minimum Gasteiger partial charge on any atom is -0.459 e. The minimum atomic E-state index is -1.19. The molecule has 2 aromatic rings. The maximum atomic E-state index is 12.8. The van der Waals surface area contributed by atoms with Crippen LogP contribution < -0.4 is 5.32 Å². The molecule has 8 heteroatoms. The standard InChI is InChI=1S/C19H24N4O4/c1-18(2,3)27-17(25)20-19(10-14(19)15-11-23(4)22-21-15)16(24)26-12-13-8-6-5-7-9-13/h5-9,11,14H,10,12H2,1-4H3,(H,20,25). The van der Waals surface area contributed by atoms with Gasteiger partial charge in [-0.25, -0.2) is 9.59 Å². The fourth-order valence-corrected chi connectivity index (χ4v) is 2.90. The number of alkyl carbamates (subject to hydrolysis) is 1. The lowest BCUT2D eigenvalue weighted by Gasteiger charge is -2.23. The molecule has 0 radical (unpaired) electrons. The van der Waals surface area contributed by atoms with Crippen molar-refractivity contribution in [3.63, 3.8) is 0 Å². The van der Waals surface area contributed by atoms with E-state index in [0.717, 1.165) is 5.56 Å². The number of esters is 1. The Morgan fingerprint density at radius 2 is 2.00 bits per heavy atom. The summed E-state index contributed by atoms with van der Waals surface area (Å²) in [4.78, 5) is 25.1. The molecule has 1 N–H and O–H groups in total. The molecule has 1 aliphatic carbocycles. The Morgan fingerprint density at radius 3 is 2.59 bits per heavy atom. The average molecular weight is 372 g/mol. The van der Waals surface area contributed by atoms with Gasteiger partial charge in [0, 0.05) is 19.2 Å². The molecule has 0 bridgehead atoms. The molecular formula is C19H24N4O4. The Hall–Kier alpha value is -2.90. The van der Waals surface area contributed by atoms with Crippen molar-refractivity contribution in [1.29, 1.82) is 0 Å². The lowest BCUT2D eigenvalue weighted by Crippen LogP contribution is -2.47. The van der Waals surface area contributed by atoms with Crippen LogP contribution in [0.3, 0.4) is 0 Å². The first kappa shape index (κ1) is 18.9. The molecule has 3 rings (SSSR count). The summed E-state index contributed by atoms with van der Waals surface area (Å²) in [5.74, 6) is -0.810. The summed E-state index contributed by atoms with van der Waals surface area (Å²) in [5.41, 5.74) is -0.358. The molecule has 0 spiro atoms. The lowest BCUT2D eigenvalue weighted by molar-refractivity contribution is -0.149. The van der Waals surface area contributed by atoms with Crippen LogP contribution in [0.25, 0.3) is 0 Å². The summed E-state index contributed by atoms with van der Waals surface area (Å²) in [5, 5.41) is 10.7. The smallest absolute Gasteiger partial charge is 0.408 e. The number of aryl methyl sites for hydroxylation is 1. The van der Waals surface area contributed by atoms with Crippen LogP contribution in [0.1, 0.15) is 44.4 Å². The Balaban J connectivity index is 1.74. The van der Waals surface area contributed by atoms with E-state index in [1.807, 2.05) is 30.3 Å². The van der Waals surface area contributed by atoms with E-state index in [4.69, 9.17) is 9.47 Å². The van der Waals surface area contributed by atoms with Gasteiger partial charge in [-0.1, -0.05) is 35.5 Å². The summed E-state index contributed by atoms with van der Waals surface area (Å²) in [6.07, 6.45) is 1.46. The second kappa shape index (κ2) is 7.02. The monoisotopic (exact) mass is 372 g/mol.